The van der Waals surface area contributed by atoms with Gasteiger partial charge in [0.2, 0.25) is 0 Å². The van der Waals surface area contributed by atoms with Crippen molar-refractivity contribution in [3.8, 4) is 6.07 Å². The van der Waals surface area contributed by atoms with Crippen LogP contribution in [-0.2, 0) is 0 Å². The van der Waals surface area contributed by atoms with Crippen molar-refractivity contribution in [2.24, 2.45) is 0 Å². The molecule has 1 heterocycles. The second-order valence-electron chi connectivity index (χ2n) is 3.49. The Morgan fingerprint density at radius 1 is 1.39 bits per heavy atom. The SMILES string of the molecule is N#C/C(=C\c1ccco1)c1cccc([N+](=O)[O-])c1. The third-order valence-corrected chi connectivity index (χ3v) is 2.32. The zero-order valence-corrected chi connectivity index (χ0v) is 9.24. The van der Waals surface area contributed by atoms with Crippen molar-refractivity contribution in [3.05, 3.63) is 64.1 Å². The van der Waals surface area contributed by atoms with Crippen molar-refractivity contribution >= 4 is 17.3 Å². The Bertz CT molecular complexity index is 637. The summed E-state index contributed by atoms with van der Waals surface area (Å²) in [5.41, 5.74) is 0.754. The van der Waals surface area contributed by atoms with Crippen LogP contribution in [-0.4, -0.2) is 4.92 Å². The Morgan fingerprint density at radius 2 is 2.22 bits per heavy atom. The quantitative estimate of drug-likeness (QED) is 0.468. The number of non-ortho nitro benzene ring substituents is 1. The summed E-state index contributed by atoms with van der Waals surface area (Å²) >= 11 is 0. The van der Waals surface area contributed by atoms with E-state index in [2.05, 4.69) is 0 Å². The highest BCUT2D eigenvalue weighted by molar-refractivity contribution is 5.89. The number of furan rings is 1. The Hall–Kier alpha value is -2.87. The third kappa shape index (κ3) is 2.44. The van der Waals surface area contributed by atoms with Gasteiger partial charge in [0.15, 0.2) is 0 Å². The first kappa shape index (κ1) is 11.6. The molecule has 0 bridgehead atoms. The van der Waals surface area contributed by atoms with Crippen molar-refractivity contribution in [2.45, 2.75) is 0 Å². The minimum atomic E-state index is -0.495. The standard InChI is InChI=1S/C13H8N2O3/c14-9-11(8-13-5-2-6-18-13)10-3-1-4-12(7-10)15(16)17/h1-8H/b11-8+. The van der Waals surface area contributed by atoms with Gasteiger partial charge in [-0.3, -0.25) is 10.1 Å². The zero-order chi connectivity index (χ0) is 13.0. The lowest BCUT2D eigenvalue weighted by atomic mass is 10.1. The molecule has 0 radical (unpaired) electrons. The molecule has 0 fully saturated rings. The highest BCUT2D eigenvalue weighted by Crippen LogP contribution is 2.22. The molecule has 0 unspecified atom stereocenters. The summed E-state index contributed by atoms with van der Waals surface area (Å²) in [4.78, 5) is 10.2. The molecule has 18 heavy (non-hydrogen) atoms. The van der Waals surface area contributed by atoms with Crippen molar-refractivity contribution in [1.29, 1.82) is 5.26 Å². The van der Waals surface area contributed by atoms with Gasteiger partial charge in [-0.1, -0.05) is 12.1 Å². The van der Waals surface area contributed by atoms with Crippen molar-refractivity contribution in [1.82, 2.24) is 0 Å². The van der Waals surface area contributed by atoms with E-state index in [4.69, 9.17) is 9.68 Å². The van der Waals surface area contributed by atoms with Gasteiger partial charge in [-0.05, 0) is 23.8 Å². The molecular formula is C13H8N2O3. The van der Waals surface area contributed by atoms with Crippen LogP contribution >= 0.6 is 0 Å². The van der Waals surface area contributed by atoms with Crippen LogP contribution in [0.4, 0.5) is 5.69 Å². The molecule has 1 aromatic heterocycles. The highest BCUT2D eigenvalue weighted by atomic mass is 16.6. The van der Waals surface area contributed by atoms with Gasteiger partial charge in [0.05, 0.1) is 22.8 Å². The van der Waals surface area contributed by atoms with Crippen LogP contribution in [0.3, 0.4) is 0 Å². The average molecular weight is 240 g/mol. The maximum Gasteiger partial charge on any atom is 0.270 e. The second kappa shape index (κ2) is 4.97. The largest absolute Gasteiger partial charge is 0.465 e. The molecule has 0 saturated heterocycles. The average Bonchev–Trinajstić information content (AvgIpc) is 2.89. The molecule has 0 amide bonds. The summed E-state index contributed by atoms with van der Waals surface area (Å²) in [6.45, 7) is 0. The van der Waals surface area contributed by atoms with Crippen LogP contribution in [0.25, 0.3) is 11.6 Å². The van der Waals surface area contributed by atoms with Crippen LogP contribution in [0, 0.1) is 21.4 Å². The van der Waals surface area contributed by atoms with Crippen LogP contribution in [0.1, 0.15) is 11.3 Å². The molecule has 0 N–H and O–H groups in total. The predicted octanol–water partition coefficient (Wildman–Crippen LogP) is 3.25. The first-order chi connectivity index (χ1) is 8.70. The topological polar surface area (TPSA) is 80.1 Å². The fourth-order valence-electron chi connectivity index (χ4n) is 1.48. The number of nitro groups is 1. The smallest absolute Gasteiger partial charge is 0.270 e. The number of hydrogen-bond acceptors (Lipinski definition) is 4. The monoisotopic (exact) mass is 240 g/mol. The Morgan fingerprint density at radius 3 is 2.83 bits per heavy atom. The number of benzene rings is 1. The van der Waals surface area contributed by atoms with Gasteiger partial charge < -0.3 is 4.42 Å². The third-order valence-electron chi connectivity index (χ3n) is 2.32. The van der Waals surface area contributed by atoms with Gasteiger partial charge in [-0.15, -0.1) is 0 Å². The normalized spacial score (nSPS) is 10.9. The van der Waals surface area contributed by atoms with E-state index in [1.54, 1.807) is 30.3 Å². The molecule has 0 spiro atoms. The van der Waals surface area contributed by atoms with Crippen molar-refractivity contribution in [2.75, 3.05) is 0 Å². The van der Waals surface area contributed by atoms with E-state index < -0.39 is 4.92 Å². The maximum atomic E-state index is 10.7. The summed E-state index contributed by atoms with van der Waals surface area (Å²) in [6.07, 6.45) is 3.04. The first-order valence-corrected chi connectivity index (χ1v) is 5.11. The molecule has 2 rings (SSSR count). The molecule has 1 aromatic carbocycles. The second-order valence-corrected chi connectivity index (χ2v) is 3.49. The number of nitro benzene ring substituents is 1. The molecule has 0 aliphatic rings. The van der Waals surface area contributed by atoms with Crippen LogP contribution in [0.5, 0.6) is 0 Å². The van der Waals surface area contributed by atoms with E-state index >= 15 is 0 Å². The van der Waals surface area contributed by atoms with Gasteiger partial charge >= 0.3 is 0 Å². The lowest BCUT2D eigenvalue weighted by Gasteiger charge is -1.98. The number of hydrogen-bond donors (Lipinski definition) is 0. The van der Waals surface area contributed by atoms with E-state index in [9.17, 15) is 10.1 Å². The molecular weight excluding hydrogens is 232 g/mol. The molecule has 0 saturated carbocycles. The molecule has 0 aliphatic carbocycles. The molecule has 0 aliphatic heterocycles. The number of nitrogens with zero attached hydrogens (tertiary/aromatic N) is 2. The fraction of sp³-hybridized carbons (Fsp3) is 0. The summed E-state index contributed by atoms with van der Waals surface area (Å²) in [6, 6.07) is 11.3. The predicted molar refractivity (Wildman–Crippen MR) is 65.3 cm³/mol. The molecule has 2 aromatic rings. The molecule has 5 nitrogen and oxygen atoms in total. The van der Waals surface area contributed by atoms with Gasteiger partial charge in [-0.2, -0.15) is 5.26 Å². The highest BCUT2D eigenvalue weighted by Gasteiger charge is 2.09. The minimum absolute atomic E-state index is 0.0481. The van der Waals surface area contributed by atoms with Gasteiger partial charge in [0, 0.05) is 12.1 Å². The van der Waals surface area contributed by atoms with Gasteiger partial charge in [0.25, 0.3) is 5.69 Å². The minimum Gasteiger partial charge on any atom is -0.465 e. The van der Waals surface area contributed by atoms with E-state index in [1.807, 2.05) is 6.07 Å². The van der Waals surface area contributed by atoms with Gasteiger partial charge in [0.1, 0.15) is 5.76 Å². The van der Waals surface area contributed by atoms with Crippen LogP contribution < -0.4 is 0 Å². The van der Waals surface area contributed by atoms with Gasteiger partial charge in [-0.25, -0.2) is 0 Å². The molecule has 5 heteroatoms. The summed E-state index contributed by atoms with van der Waals surface area (Å²) in [5.74, 6) is 0.526. The summed E-state index contributed by atoms with van der Waals surface area (Å²) in [7, 11) is 0. The maximum absolute atomic E-state index is 10.7. The van der Waals surface area contributed by atoms with E-state index in [0.29, 0.717) is 16.9 Å². The summed E-state index contributed by atoms with van der Waals surface area (Å²) in [5, 5.41) is 19.7. The van der Waals surface area contributed by atoms with Crippen LogP contribution in [0.15, 0.2) is 47.1 Å². The number of nitriles is 1. The Kier molecular flexibility index (Phi) is 3.21. The summed E-state index contributed by atoms with van der Waals surface area (Å²) < 4.78 is 5.10. The lowest BCUT2D eigenvalue weighted by Crippen LogP contribution is -1.89. The molecule has 88 valence electrons. The van der Waals surface area contributed by atoms with E-state index in [1.165, 1.54) is 18.4 Å². The van der Waals surface area contributed by atoms with E-state index in [-0.39, 0.29) is 5.69 Å². The van der Waals surface area contributed by atoms with Crippen molar-refractivity contribution < 1.29 is 9.34 Å². The Balaban J connectivity index is 2.43. The fourth-order valence-corrected chi connectivity index (χ4v) is 1.48. The van der Waals surface area contributed by atoms with Crippen LogP contribution in [0.2, 0.25) is 0 Å². The van der Waals surface area contributed by atoms with E-state index in [0.717, 1.165) is 0 Å². The Labute approximate surface area is 103 Å². The number of rotatable bonds is 3. The van der Waals surface area contributed by atoms with Crippen molar-refractivity contribution in [3.63, 3.8) is 0 Å². The zero-order valence-electron chi connectivity index (χ0n) is 9.24. The molecule has 0 atom stereocenters. The lowest BCUT2D eigenvalue weighted by molar-refractivity contribution is -0.384. The first-order valence-electron chi connectivity index (χ1n) is 5.11. The number of allylic oxidation sites excluding steroid dienone is 1.